The van der Waals surface area contributed by atoms with E-state index in [9.17, 15) is 43.2 Å². The topological polar surface area (TPSA) is 237 Å². The Morgan fingerprint density at radius 1 is 0.264 bits per heavy atom. The first-order valence-electron chi connectivity index (χ1n) is 43.1. The van der Waals surface area contributed by atoms with Crippen molar-refractivity contribution in [3.05, 3.63) is 146 Å². The Labute approximate surface area is 668 Å². The van der Waals surface area contributed by atoms with Crippen LogP contribution in [0.3, 0.4) is 0 Å². The number of carbonyl (C=O) groups is 4. The molecule has 0 aliphatic heterocycles. The van der Waals surface area contributed by atoms with Crippen LogP contribution >= 0.6 is 15.6 Å². The molecular formula is C91H154O17P2. The number of unbranched alkanes of at least 4 members (excludes halogenated alkanes) is 30. The number of phosphoric acid groups is 2. The maximum absolute atomic E-state index is 13.2. The van der Waals surface area contributed by atoms with E-state index in [2.05, 4.69) is 174 Å². The van der Waals surface area contributed by atoms with Crippen molar-refractivity contribution in [2.24, 2.45) is 0 Å². The van der Waals surface area contributed by atoms with Crippen molar-refractivity contribution in [1.29, 1.82) is 0 Å². The van der Waals surface area contributed by atoms with Gasteiger partial charge in [0, 0.05) is 25.7 Å². The molecule has 0 aliphatic rings. The third kappa shape index (κ3) is 81.0. The van der Waals surface area contributed by atoms with Crippen LogP contribution in [0.5, 0.6) is 0 Å². The minimum Gasteiger partial charge on any atom is -0.462 e. The standard InChI is InChI=1S/C91H154O17P2/c1-5-9-13-17-21-25-29-33-37-40-42-45-49-52-56-60-64-68-72-76-89(94)102-82-87(108-91(96)78-74-70-66-62-58-54-50-46-43-41-38-34-30-26-22-18-14-10-6-2)84-106-110(99,100)104-80-85(92)79-103-109(97,98)105-83-86(107-90(95)77-73-69-65-61-57-53-47-36-32-28-24-20-16-12-8-4)81-101-88(93)75-71-67-63-59-55-51-48-44-39-35-31-27-23-19-15-11-7-3/h11,15,21-28,33-39,42-43,45-48,51,85-87,92H,5-10,12-14,16-20,29-32,40-41,44,49-50,52-84H2,1-4H3,(H,97,98)(H,99,100)/b15-11-,25-21-,26-22-,27-23-,28-24-,37-33-,38-34-,39-35-,45-42-,46-43-,47-36-,51-48-. The summed E-state index contributed by atoms with van der Waals surface area (Å²) in [6, 6.07) is 0. The van der Waals surface area contributed by atoms with Gasteiger partial charge in [-0.1, -0.05) is 296 Å². The van der Waals surface area contributed by atoms with E-state index in [1.54, 1.807) is 0 Å². The molecule has 110 heavy (non-hydrogen) atoms. The maximum atomic E-state index is 13.2. The zero-order valence-electron chi connectivity index (χ0n) is 69.1. The van der Waals surface area contributed by atoms with Gasteiger partial charge in [-0.05, 0) is 173 Å². The van der Waals surface area contributed by atoms with Gasteiger partial charge in [0.1, 0.15) is 19.3 Å². The Morgan fingerprint density at radius 3 is 0.727 bits per heavy atom. The zero-order chi connectivity index (χ0) is 80.3. The van der Waals surface area contributed by atoms with Crippen LogP contribution in [0, 0.1) is 0 Å². The van der Waals surface area contributed by atoms with Crippen LogP contribution in [0.15, 0.2) is 146 Å². The summed E-state index contributed by atoms with van der Waals surface area (Å²) < 4.78 is 68.8. The molecule has 19 heteroatoms. The fraction of sp³-hybridized carbons (Fsp3) is 0.692. The molecule has 0 fully saturated rings. The van der Waals surface area contributed by atoms with Crippen molar-refractivity contribution >= 4 is 39.5 Å². The fourth-order valence-corrected chi connectivity index (χ4v) is 12.8. The largest absolute Gasteiger partial charge is 0.472 e. The molecule has 0 aromatic carbocycles. The maximum Gasteiger partial charge on any atom is 0.472 e. The highest BCUT2D eigenvalue weighted by Gasteiger charge is 2.30. The molecule has 0 rings (SSSR count). The Balaban J connectivity index is 5.44. The minimum absolute atomic E-state index is 0.0694. The molecule has 0 radical (unpaired) electrons. The average Bonchev–Trinajstić information content (AvgIpc) is 0.911. The molecule has 0 amide bonds. The predicted octanol–water partition coefficient (Wildman–Crippen LogP) is 25.8. The van der Waals surface area contributed by atoms with E-state index in [4.69, 9.17) is 37.0 Å². The molecule has 0 saturated carbocycles. The summed E-state index contributed by atoms with van der Waals surface area (Å²) in [4.78, 5) is 73.3. The lowest BCUT2D eigenvalue weighted by atomic mass is 10.1. The minimum atomic E-state index is -5.00. The number of carbonyl (C=O) groups excluding carboxylic acids is 4. The van der Waals surface area contributed by atoms with Crippen molar-refractivity contribution < 1.29 is 80.2 Å². The molecule has 5 atom stereocenters. The Hall–Kier alpha value is -5.06. The van der Waals surface area contributed by atoms with Crippen molar-refractivity contribution in [2.45, 2.75) is 367 Å². The van der Waals surface area contributed by atoms with Gasteiger partial charge in [-0.15, -0.1) is 0 Å². The second-order valence-electron chi connectivity index (χ2n) is 28.4. The van der Waals surface area contributed by atoms with Crippen LogP contribution in [-0.2, 0) is 65.4 Å². The molecule has 0 bridgehead atoms. The van der Waals surface area contributed by atoms with Crippen LogP contribution in [-0.4, -0.2) is 96.7 Å². The number of hydrogen-bond acceptors (Lipinski definition) is 15. The molecule has 0 spiro atoms. The number of hydrogen-bond donors (Lipinski definition) is 3. The second kappa shape index (κ2) is 81.9. The summed E-state index contributed by atoms with van der Waals surface area (Å²) in [6.45, 7) is 4.64. The summed E-state index contributed by atoms with van der Waals surface area (Å²) in [5, 5.41) is 10.7. The highest BCUT2D eigenvalue weighted by Crippen LogP contribution is 2.45. The third-order valence-electron chi connectivity index (χ3n) is 17.8. The van der Waals surface area contributed by atoms with E-state index >= 15 is 0 Å². The first kappa shape index (κ1) is 105. The number of phosphoric ester groups is 2. The molecule has 630 valence electrons. The van der Waals surface area contributed by atoms with Gasteiger partial charge >= 0.3 is 39.5 Å². The quantitative estimate of drug-likeness (QED) is 0.0169. The Morgan fingerprint density at radius 2 is 0.473 bits per heavy atom. The van der Waals surface area contributed by atoms with Crippen molar-refractivity contribution in [1.82, 2.24) is 0 Å². The van der Waals surface area contributed by atoms with E-state index < -0.39 is 97.5 Å². The SMILES string of the molecule is CC/C=C\C/C=C\C/C=C\C/C=C\CCCCCCC(=O)OCC(COP(=O)(O)OCC(O)COP(=O)(O)OCC(COC(=O)CCCCCCCC/C=C\C/C=C\C/C=C\CCCCC)OC(=O)CCCCCCCC/C=C\C/C=C\C/C=C\CCCCC)OC(=O)CCCCCCC/C=C\C/C=C\CCCCC. The first-order chi connectivity index (χ1) is 53.7. The normalized spacial score (nSPS) is 14.5. The van der Waals surface area contributed by atoms with E-state index in [0.29, 0.717) is 25.7 Å². The van der Waals surface area contributed by atoms with Gasteiger partial charge in [0.05, 0.1) is 26.4 Å². The van der Waals surface area contributed by atoms with Crippen LogP contribution in [0.4, 0.5) is 0 Å². The van der Waals surface area contributed by atoms with Gasteiger partial charge in [0.25, 0.3) is 0 Å². The summed E-state index contributed by atoms with van der Waals surface area (Å²) in [5.74, 6) is -2.24. The molecule has 0 aromatic rings. The van der Waals surface area contributed by atoms with Gasteiger partial charge in [-0.25, -0.2) is 9.13 Å². The van der Waals surface area contributed by atoms with Crippen LogP contribution in [0.2, 0.25) is 0 Å². The zero-order valence-corrected chi connectivity index (χ0v) is 70.9. The van der Waals surface area contributed by atoms with E-state index in [0.717, 1.165) is 212 Å². The van der Waals surface area contributed by atoms with E-state index in [-0.39, 0.29) is 25.7 Å². The van der Waals surface area contributed by atoms with Gasteiger partial charge in [-0.3, -0.25) is 37.3 Å². The average molecular weight is 1580 g/mol. The third-order valence-corrected chi connectivity index (χ3v) is 19.7. The van der Waals surface area contributed by atoms with Crippen molar-refractivity contribution in [2.75, 3.05) is 39.6 Å². The fourth-order valence-electron chi connectivity index (χ4n) is 11.2. The lowest BCUT2D eigenvalue weighted by Gasteiger charge is -2.21. The van der Waals surface area contributed by atoms with Crippen molar-refractivity contribution in [3.63, 3.8) is 0 Å². The van der Waals surface area contributed by atoms with Gasteiger partial charge < -0.3 is 33.8 Å². The molecule has 3 N–H and O–H groups in total. The Kier molecular flexibility index (Phi) is 78.2. The van der Waals surface area contributed by atoms with Crippen molar-refractivity contribution in [3.8, 4) is 0 Å². The highest BCUT2D eigenvalue weighted by atomic mass is 31.2. The van der Waals surface area contributed by atoms with Gasteiger partial charge in [0.2, 0.25) is 0 Å². The van der Waals surface area contributed by atoms with E-state index in [1.807, 2.05) is 0 Å². The van der Waals surface area contributed by atoms with Gasteiger partial charge in [0.15, 0.2) is 12.2 Å². The number of rotatable bonds is 80. The summed E-state index contributed by atoms with van der Waals surface area (Å²) >= 11 is 0. The predicted molar refractivity (Wildman–Crippen MR) is 454 cm³/mol. The van der Waals surface area contributed by atoms with E-state index in [1.165, 1.54) is 57.8 Å². The van der Waals surface area contributed by atoms with Crippen LogP contribution in [0.25, 0.3) is 0 Å². The van der Waals surface area contributed by atoms with Crippen LogP contribution < -0.4 is 0 Å². The molecular weight excluding hydrogens is 1430 g/mol. The number of ether oxygens (including phenoxy) is 4. The number of aliphatic hydroxyl groups is 1. The molecule has 0 saturated heterocycles. The molecule has 5 unspecified atom stereocenters. The summed E-state index contributed by atoms with van der Waals surface area (Å²) in [5.41, 5.74) is 0. The second-order valence-corrected chi connectivity index (χ2v) is 31.3. The first-order valence-corrected chi connectivity index (χ1v) is 46.1. The Bertz CT molecular complexity index is 2650. The smallest absolute Gasteiger partial charge is 0.462 e. The molecule has 0 aromatic heterocycles. The summed E-state index contributed by atoms with van der Waals surface area (Å²) in [6.07, 6.45) is 95.1. The van der Waals surface area contributed by atoms with Gasteiger partial charge in [-0.2, -0.15) is 0 Å². The molecule has 0 heterocycles. The molecule has 0 aliphatic carbocycles. The number of esters is 4. The van der Waals surface area contributed by atoms with Crippen LogP contribution in [0.1, 0.15) is 349 Å². The lowest BCUT2D eigenvalue weighted by Crippen LogP contribution is -2.30. The lowest BCUT2D eigenvalue weighted by molar-refractivity contribution is -0.161. The number of aliphatic hydroxyl groups excluding tert-OH is 1. The highest BCUT2D eigenvalue weighted by molar-refractivity contribution is 7.47. The monoisotopic (exact) mass is 1580 g/mol. The number of allylic oxidation sites excluding steroid dienone is 24. The molecule has 17 nitrogen and oxygen atoms in total. The summed E-state index contributed by atoms with van der Waals surface area (Å²) in [7, 11) is -9.99.